The molecule has 4 rings (SSSR count). The van der Waals surface area contributed by atoms with Crippen molar-refractivity contribution in [2.45, 2.75) is 32.8 Å². The smallest absolute Gasteiger partial charge is 0.379 e. The van der Waals surface area contributed by atoms with Crippen LogP contribution in [0.3, 0.4) is 0 Å². The Morgan fingerprint density at radius 2 is 2.04 bits per heavy atom. The monoisotopic (exact) mass is 365 g/mol. The van der Waals surface area contributed by atoms with E-state index in [1.165, 1.54) is 4.52 Å². The summed E-state index contributed by atoms with van der Waals surface area (Å²) >= 11 is 0. The fraction of sp³-hybridized carbons (Fsp3) is 0.316. The molecule has 0 aliphatic carbocycles. The molecule has 1 atom stereocenters. The van der Waals surface area contributed by atoms with Crippen LogP contribution in [0.1, 0.15) is 35.2 Å². The van der Waals surface area contributed by atoms with Gasteiger partial charge in [0.05, 0.1) is 0 Å². The number of nitrogens with zero attached hydrogens (tertiary/aromatic N) is 5. The predicted molar refractivity (Wildman–Crippen MR) is 97.5 cm³/mol. The van der Waals surface area contributed by atoms with E-state index in [2.05, 4.69) is 15.1 Å². The van der Waals surface area contributed by atoms with Crippen LogP contribution < -0.4 is 4.90 Å². The molecule has 0 spiro atoms. The Morgan fingerprint density at radius 3 is 2.85 bits per heavy atom. The first-order chi connectivity index (χ1) is 13.0. The van der Waals surface area contributed by atoms with E-state index in [9.17, 15) is 9.59 Å². The second-order valence-electron chi connectivity index (χ2n) is 6.50. The molecule has 1 aliphatic rings. The van der Waals surface area contributed by atoms with E-state index in [0.29, 0.717) is 12.3 Å². The Balaban J connectivity index is 1.51. The van der Waals surface area contributed by atoms with Gasteiger partial charge in [0.25, 0.3) is 17.5 Å². The van der Waals surface area contributed by atoms with Gasteiger partial charge in [0, 0.05) is 24.1 Å². The molecule has 27 heavy (non-hydrogen) atoms. The van der Waals surface area contributed by atoms with E-state index in [1.807, 2.05) is 31.2 Å². The maximum absolute atomic E-state index is 12.8. The van der Waals surface area contributed by atoms with Gasteiger partial charge in [-0.2, -0.15) is 4.98 Å². The van der Waals surface area contributed by atoms with E-state index >= 15 is 0 Å². The number of carbonyl (C=O) groups is 2. The largest absolute Gasteiger partial charge is 0.447 e. The van der Waals surface area contributed by atoms with Gasteiger partial charge < -0.3 is 9.64 Å². The Bertz CT molecular complexity index is 1030. The highest BCUT2D eigenvalue weighted by Gasteiger charge is 2.29. The number of anilines is 1. The van der Waals surface area contributed by atoms with Gasteiger partial charge in [0.1, 0.15) is 0 Å². The lowest BCUT2D eigenvalue weighted by atomic mass is 10.0. The first-order valence-electron chi connectivity index (χ1n) is 8.83. The highest BCUT2D eigenvalue weighted by Crippen LogP contribution is 2.27. The van der Waals surface area contributed by atoms with Crippen molar-refractivity contribution in [1.82, 2.24) is 19.6 Å². The maximum Gasteiger partial charge on any atom is 0.379 e. The van der Waals surface area contributed by atoms with Crippen LogP contribution in [0.15, 0.2) is 36.5 Å². The fourth-order valence-electron chi connectivity index (χ4n) is 3.24. The number of carbonyl (C=O) groups excluding carboxylic acids is 2. The van der Waals surface area contributed by atoms with Gasteiger partial charge in [-0.3, -0.25) is 4.79 Å². The lowest BCUT2D eigenvalue weighted by molar-refractivity contribution is -0.126. The number of aryl methyl sites for hydroxylation is 2. The first-order valence-corrected chi connectivity index (χ1v) is 8.83. The summed E-state index contributed by atoms with van der Waals surface area (Å²) in [5.41, 5.74) is 2.79. The maximum atomic E-state index is 12.8. The van der Waals surface area contributed by atoms with Crippen molar-refractivity contribution >= 4 is 23.3 Å². The molecular formula is C19H19N5O3. The zero-order valence-electron chi connectivity index (χ0n) is 15.1. The molecule has 1 aromatic carbocycles. The van der Waals surface area contributed by atoms with E-state index in [4.69, 9.17) is 4.74 Å². The van der Waals surface area contributed by atoms with Crippen LogP contribution in [0, 0.1) is 6.92 Å². The summed E-state index contributed by atoms with van der Waals surface area (Å²) < 4.78 is 6.80. The number of amides is 1. The highest BCUT2D eigenvalue weighted by molar-refractivity contribution is 5.99. The van der Waals surface area contributed by atoms with E-state index < -0.39 is 12.1 Å². The van der Waals surface area contributed by atoms with E-state index in [0.717, 1.165) is 29.8 Å². The predicted octanol–water partition coefficient (Wildman–Crippen LogP) is 1.96. The van der Waals surface area contributed by atoms with Crippen molar-refractivity contribution in [3.63, 3.8) is 0 Å². The van der Waals surface area contributed by atoms with Crippen LogP contribution in [0.5, 0.6) is 0 Å². The number of rotatable bonds is 3. The minimum Gasteiger partial charge on any atom is -0.447 e. The number of benzene rings is 1. The van der Waals surface area contributed by atoms with Crippen LogP contribution >= 0.6 is 0 Å². The number of ether oxygens (including phenoxy) is 1. The minimum absolute atomic E-state index is 0.115. The van der Waals surface area contributed by atoms with Crippen molar-refractivity contribution in [2.24, 2.45) is 0 Å². The highest BCUT2D eigenvalue weighted by atomic mass is 16.5. The molecule has 0 saturated carbocycles. The second kappa shape index (κ2) is 6.79. The molecule has 0 radical (unpaired) electrons. The first kappa shape index (κ1) is 17.1. The van der Waals surface area contributed by atoms with Gasteiger partial charge >= 0.3 is 5.97 Å². The number of para-hydroxylation sites is 1. The molecule has 0 N–H and O–H groups in total. The SMILES string of the molecule is Cc1ccnc2nc(C(=O)OC(C)C(=O)N3CCCc4ccccc43)nn12. The molecule has 0 bridgehead atoms. The van der Waals surface area contributed by atoms with Crippen molar-refractivity contribution in [1.29, 1.82) is 0 Å². The van der Waals surface area contributed by atoms with Crippen LogP contribution in [-0.4, -0.2) is 44.1 Å². The summed E-state index contributed by atoms with van der Waals surface area (Å²) in [7, 11) is 0. The van der Waals surface area contributed by atoms with Gasteiger partial charge in [0.2, 0.25) is 0 Å². The third-order valence-corrected chi connectivity index (χ3v) is 4.62. The Hall–Kier alpha value is -3.29. The second-order valence-corrected chi connectivity index (χ2v) is 6.50. The summed E-state index contributed by atoms with van der Waals surface area (Å²) in [5.74, 6) is -0.805. The molecule has 8 nitrogen and oxygen atoms in total. The molecule has 138 valence electrons. The molecular weight excluding hydrogens is 346 g/mol. The molecule has 3 aromatic rings. The average Bonchev–Trinajstić information content (AvgIpc) is 3.13. The van der Waals surface area contributed by atoms with Crippen molar-refractivity contribution in [3.05, 3.63) is 53.6 Å². The van der Waals surface area contributed by atoms with Crippen LogP contribution in [0.25, 0.3) is 5.78 Å². The van der Waals surface area contributed by atoms with Crippen molar-refractivity contribution in [2.75, 3.05) is 11.4 Å². The zero-order valence-corrected chi connectivity index (χ0v) is 15.1. The lowest BCUT2D eigenvalue weighted by Gasteiger charge is -2.31. The van der Waals surface area contributed by atoms with E-state index in [-0.39, 0.29) is 11.7 Å². The summed E-state index contributed by atoms with van der Waals surface area (Å²) in [6, 6.07) is 9.55. The minimum atomic E-state index is -0.940. The number of hydrogen-bond donors (Lipinski definition) is 0. The van der Waals surface area contributed by atoms with Gasteiger partial charge in [-0.1, -0.05) is 18.2 Å². The van der Waals surface area contributed by atoms with Crippen LogP contribution in [0.2, 0.25) is 0 Å². The molecule has 1 unspecified atom stereocenters. The molecule has 3 heterocycles. The zero-order chi connectivity index (χ0) is 19.0. The molecule has 1 amide bonds. The summed E-state index contributed by atoms with van der Waals surface area (Å²) in [6.07, 6.45) is 2.46. The van der Waals surface area contributed by atoms with Gasteiger partial charge in [-0.15, -0.1) is 5.10 Å². The van der Waals surface area contributed by atoms with Crippen LogP contribution in [-0.2, 0) is 16.0 Å². The molecule has 8 heteroatoms. The molecule has 0 fully saturated rings. The number of fused-ring (bicyclic) bond motifs is 2. The third kappa shape index (κ3) is 3.14. The van der Waals surface area contributed by atoms with Crippen molar-refractivity contribution < 1.29 is 14.3 Å². The number of aromatic nitrogens is 4. The van der Waals surface area contributed by atoms with Crippen molar-refractivity contribution in [3.8, 4) is 0 Å². The van der Waals surface area contributed by atoms with Gasteiger partial charge in [0.15, 0.2) is 6.10 Å². The van der Waals surface area contributed by atoms with Crippen LogP contribution in [0.4, 0.5) is 5.69 Å². The van der Waals surface area contributed by atoms with Gasteiger partial charge in [-0.05, 0) is 44.4 Å². The fourth-order valence-corrected chi connectivity index (χ4v) is 3.24. The summed E-state index contributed by atoms with van der Waals surface area (Å²) in [6.45, 7) is 4.00. The Kier molecular flexibility index (Phi) is 4.31. The average molecular weight is 365 g/mol. The standard InChI is InChI=1S/C19H19N5O3/c1-12-9-10-20-19-21-16(22-24(12)19)18(26)27-13(2)17(25)23-11-5-7-14-6-3-4-8-15(14)23/h3-4,6,8-10,13H,5,7,11H2,1-2H3. The number of esters is 1. The van der Waals surface area contributed by atoms with Gasteiger partial charge in [-0.25, -0.2) is 14.3 Å². The topological polar surface area (TPSA) is 89.7 Å². The van der Waals surface area contributed by atoms with E-state index in [1.54, 1.807) is 24.1 Å². The lowest BCUT2D eigenvalue weighted by Crippen LogP contribution is -2.42. The summed E-state index contributed by atoms with van der Waals surface area (Å²) in [4.78, 5) is 35.1. The quantitative estimate of drug-likeness (QED) is 0.659. The normalized spacial score (nSPS) is 14.7. The third-order valence-electron chi connectivity index (χ3n) is 4.62. The molecule has 2 aromatic heterocycles. The molecule has 0 saturated heterocycles. The number of hydrogen-bond acceptors (Lipinski definition) is 6. The summed E-state index contributed by atoms with van der Waals surface area (Å²) in [5, 5.41) is 4.12. The molecule has 1 aliphatic heterocycles. The Labute approximate surface area is 155 Å². The Morgan fingerprint density at radius 1 is 1.22 bits per heavy atom.